The minimum absolute atomic E-state index is 0.905. The summed E-state index contributed by atoms with van der Waals surface area (Å²) < 4.78 is 6.49. The van der Waals surface area contributed by atoms with Gasteiger partial charge in [-0.15, -0.1) is 0 Å². The van der Waals surface area contributed by atoms with Gasteiger partial charge in [-0.25, -0.2) is 0 Å². The fraction of sp³-hybridized carbons (Fsp3) is 0. The van der Waals surface area contributed by atoms with Gasteiger partial charge in [-0.3, -0.25) is 0 Å². The van der Waals surface area contributed by atoms with Crippen molar-refractivity contribution in [2.75, 3.05) is 0 Å². The van der Waals surface area contributed by atoms with Gasteiger partial charge in [0.1, 0.15) is 11.5 Å². The lowest BCUT2D eigenvalue weighted by Gasteiger charge is -2.24. The van der Waals surface area contributed by atoms with Crippen LogP contribution >= 0.6 is 0 Å². The summed E-state index contributed by atoms with van der Waals surface area (Å²) in [5, 5.41) is 7.54. The minimum atomic E-state index is 0.905. The van der Waals surface area contributed by atoms with Crippen molar-refractivity contribution in [3.8, 4) is 67.1 Å². The molecule has 0 aromatic heterocycles. The molecule has 0 saturated carbocycles. The first kappa shape index (κ1) is 23.0. The van der Waals surface area contributed by atoms with Crippen LogP contribution in [0.4, 0.5) is 0 Å². The first-order valence-corrected chi connectivity index (χ1v) is 14.9. The Labute approximate surface area is 249 Å². The molecule has 0 spiro atoms. The van der Waals surface area contributed by atoms with E-state index in [1.54, 1.807) is 0 Å². The van der Waals surface area contributed by atoms with E-state index in [9.17, 15) is 0 Å². The molecule has 0 atom stereocenters. The molecule has 198 valence electrons. The van der Waals surface area contributed by atoms with Crippen LogP contribution in [0.3, 0.4) is 0 Å². The van der Waals surface area contributed by atoms with Gasteiger partial charge in [0.15, 0.2) is 0 Å². The van der Waals surface area contributed by atoms with Crippen LogP contribution in [0.5, 0.6) is 11.5 Å². The number of rotatable bonds is 2. The molecule has 0 N–H and O–H groups in total. The second kappa shape index (κ2) is 8.44. The van der Waals surface area contributed by atoms with Gasteiger partial charge < -0.3 is 4.74 Å². The normalized spacial score (nSPS) is 12.4. The maximum atomic E-state index is 6.49. The quantitative estimate of drug-likeness (QED) is 0.210. The Morgan fingerprint density at radius 3 is 1.60 bits per heavy atom. The van der Waals surface area contributed by atoms with Gasteiger partial charge >= 0.3 is 0 Å². The largest absolute Gasteiger partial charge is 0.456 e. The lowest BCUT2D eigenvalue weighted by Crippen LogP contribution is -1.98. The van der Waals surface area contributed by atoms with Crippen molar-refractivity contribution in [1.29, 1.82) is 0 Å². The highest BCUT2D eigenvalue weighted by atomic mass is 16.5. The lowest BCUT2D eigenvalue weighted by molar-refractivity contribution is 0.487. The first-order chi connectivity index (χ1) is 21.3. The molecule has 0 amide bonds. The number of hydrogen-bond donors (Lipinski definition) is 0. The Morgan fingerprint density at radius 2 is 0.907 bits per heavy atom. The Kier molecular flexibility index (Phi) is 4.51. The van der Waals surface area contributed by atoms with E-state index >= 15 is 0 Å². The van der Waals surface area contributed by atoms with E-state index in [2.05, 4.69) is 146 Å². The van der Waals surface area contributed by atoms with Gasteiger partial charge in [0.05, 0.1) is 0 Å². The predicted octanol–water partition coefficient (Wildman–Crippen LogP) is 11.9. The third-order valence-corrected chi connectivity index (χ3v) is 9.37. The molecule has 10 rings (SSSR count). The van der Waals surface area contributed by atoms with E-state index in [0.717, 1.165) is 17.1 Å². The molecule has 8 aromatic rings. The molecule has 1 nitrogen and oxygen atoms in total. The number of fused-ring (bicyclic) bond motifs is 6. The van der Waals surface area contributed by atoms with Crippen molar-refractivity contribution < 1.29 is 4.74 Å². The van der Waals surface area contributed by atoms with Gasteiger partial charge in [-0.1, -0.05) is 127 Å². The standard InChI is InChI=1S/C42H24O/c1-2-10-27(11-3-1)39-29-16-4-5-17-30(29)40(42-33-20-8-13-25-12-7-19-32(37(25)33)41(39)42)28-22-23-35-34(24-28)31-18-6-14-26-15-9-21-36(43-35)38(26)31/h1-24H. The maximum absolute atomic E-state index is 6.49. The molecule has 1 heterocycles. The van der Waals surface area contributed by atoms with E-state index in [0.29, 0.717) is 0 Å². The topological polar surface area (TPSA) is 9.23 Å². The average molecular weight is 545 g/mol. The van der Waals surface area contributed by atoms with E-state index in [4.69, 9.17) is 4.74 Å². The zero-order valence-electron chi connectivity index (χ0n) is 23.3. The van der Waals surface area contributed by atoms with Crippen LogP contribution in [-0.2, 0) is 0 Å². The molecule has 0 radical (unpaired) electrons. The van der Waals surface area contributed by atoms with Crippen molar-refractivity contribution >= 4 is 32.3 Å². The molecule has 43 heavy (non-hydrogen) atoms. The van der Waals surface area contributed by atoms with Crippen molar-refractivity contribution in [3.05, 3.63) is 146 Å². The van der Waals surface area contributed by atoms with Gasteiger partial charge in [-0.2, -0.15) is 0 Å². The summed E-state index contributed by atoms with van der Waals surface area (Å²) in [6.45, 7) is 0. The molecule has 8 aromatic carbocycles. The summed E-state index contributed by atoms with van der Waals surface area (Å²) in [6.07, 6.45) is 0. The summed E-state index contributed by atoms with van der Waals surface area (Å²) in [4.78, 5) is 0. The van der Waals surface area contributed by atoms with E-state index in [1.165, 1.54) is 82.4 Å². The van der Waals surface area contributed by atoms with Crippen LogP contribution < -0.4 is 4.74 Å². The molecule has 0 unspecified atom stereocenters. The molecular weight excluding hydrogens is 520 g/mol. The van der Waals surface area contributed by atoms with Crippen LogP contribution in [0.25, 0.3) is 88.0 Å². The molecular formula is C42H24O. The second-order valence-electron chi connectivity index (χ2n) is 11.6. The molecule has 0 saturated heterocycles. The van der Waals surface area contributed by atoms with Crippen LogP contribution in [-0.4, -0.2) is 0 Å². The van der Waals surface area contributed by atoms with Gasteiger partial charge in [0.2, 0.25) is 0 Å². The van der Waals surface area contributed by atoms with Crippen molar-refractivity contribution in [3.63, 3.8) is 0 Å². The minimum Gasteiger partial charge on any atom is -0.456 e. The highest BCUT2D eigenvalue weighted by Crippen LogP contribution is 2.58. The highest BCUT2D eigenvalue weighted by molar-refractivity contribution is 6.27. The number of ether oxygens (including phenoxy) is 1. The van der Waals surface area contributed by atoms with Crippen molar-refractivity contribution in [1.82, 2.24) is 0 Å². The predicted molar refractivity (Wildman–Crippen MR) is 180 cm³/mol. The highest BCUT2D eigenvalue weighted by Gasteiger charge is 2.31. The van der Waals surface area contributed by atoms with Gasteiger partial charge in [0.25, 0.3) is 0 Å². The molecule has 0 fully saturated rings. The first-order valence-electron chi connectivity index (χ1n) is 14.9. The Bertz CT molecular complexity index is 2460. The summed E-state index contributed by atoms with van der Waals surface area (Å²) in [5.41, 5.74) is 12.7. The SMILES string of the molecule is c1ccc(-c2c3c(c(-c4ccc5c(c4)-c4cccc6cccc(c46)O5)c4ccccc24)-c2cccc4cccc-3c24)cc1. The van der Waals surface area contributed by atoms with Crippen molar-refractivity contribution in [2.24, 2.45) is 0 Å². The van der Waals surface area contributed by atoms with E-state index in [-0.39, 0.29) is 0 Å². The molecule has 1 aliphatic heterocycles. The van der Waals surface area contributed by atoms with Gasteiger partial charge in [-0.05, 0) is 95.2 Å². The summed E-state index contributed by atoms with van der Waals surface area (Å²) >= 11 is 0. The van der Waals surface area contributed by atoms with Crippen LogP contribution in [0.15, 0.2) is 146 Å². The second-order valence-corrected chi connectivity index (χ2v) is 11.6. The fourth-order valence-corrected chi connectivity index (χ4v) is 7.66. The lowest BCUT2D eigenvalue weighted by atomic mass is 9.82. The maximum Gasteiger partial charge on any atom is 0.135 e. The van der Waals surface area contributed by atoms with Crippen molar-refractivity contribution in [2.45, 2.75) is 0 Å². The molecule has 0 bridgehead atoms. The summed E-state index contributed by atoms with van der Waals surface area (Å²) in [7, 11) is 0. The monoisotopic (exact) mass is 544 g/mol. The van der Waals surface area contributed by atoms with E-state index < -0.39 is 0 Å². The fourth-order valence-electron chi connectivity index (χ4n) is 7.66. The van der Waals surface area contributed by atoms with Crippen LogP contribution in [0, 0.1) is 0 Å². The Hall–Kier alpha value is -5.66. The summed E-state index contributed by atoms with van der Waals surface area (Å²) in [5.74, 6) is 1.83. The zero-order chi connectivity index (χ0) is 28.1. The zero-order valence-corrected chi connectivity index (χ0v) is 23.3. The molecule has 2 aliphatic rings. The average Bonchev–Trinajstić information content (AvgIpc) is 3.39. The van der Waals surface area contributed by atoms with E-state index in [1.807, 2.05) is 0 Å². The van der Waals surface area contributed by atoms with Crippen LogP contribution in [0.2, 0.25) is 0 Å². The number of hydrogen-bond acceptors (Lipinski definition) is 1. The Morgan fingerprint density at radius 1 is 0.326 bits per heavy atom. The summed E-state index contributed by atoms with van der Waals surface area (Å²) in [6, 6.07) is 53.0. The number of benzene rings is 8. The third-order valence-electron chi connectivity index (χ3n) is 9.37. The molecule has 1 aliphatic carbocycles. The van der Waals surface area contributed by atoms with Crippen LogP contribution in [0.1, 0.15) is 0 Å². The third kappa shape index (κ3) is 3.06. The molecule has 1 heteroatoms. The smallest absolute Gasteiger partial charge is 0.135 e. The van der Waals surface area contributed by atoms with Gasteiger partial charge in [0, 0.05) is 10.9 Å². The Balaban J connectivity index is 1.36.